The second-order valence-electron chi connectivity index (χ2n) is 7.80. The van der Waals surface area contributed by atoms with Crippen LogP contribution in [0.25, 0.3) is 0 Å². The van der Waals surface area contributed by atoms with Crippen molar-refractivity contribution in [2.24, 2.45) is 5.92 Å². The summed E-state index contributed by atoms with van der Waals surface area (Å²) in [5.41, 5.74) is 3.72. The van der Waals surface area contributed by atoms with Gasteiger partial charge in [0.25, 0.3) is 0 Å². The normalized spacial score (nSPS) is 27.8. The van der Waals surface area contributed by atoms with E-state index in [-0.39, 0.29) is 5.54 Å². The molecule has 1 saturated heterocycles. The SMILES string of the molecule is CC(C)C(C)(C)N1C2=C(CCCCC2)N2CCCCC21. The summed E-state index contributed by atoms with van der Waals surface area (Å²) in [6.45, 7) is 11.0. The predicted molar refractivity (Wildman–Crippen MR) is 85.2 cm³/mol. The number of rotatable bonds is 2. The van der Waals surface area contributed by atoms with Crippen LogP contribution in [0.15, 0.2) is 11.4 Å². The Labute approximate surface area is 125 Å². The molecule has 0 saturated carbocycles. The highest BCUT2D eigenvalue weighted by Gasteiger charge is 2.46. The molecule has 1 unspecified atom stereocenters. The van der Waals surface area contributed by atoms with Crippen LogP contribution in [0.5, 0.6) is 0 Å². The fourth-order valence-corrected chi connectivity index (χ4v) is 4.31. The van der Waals surface area contributed by atoms with E-state index in [9.17, 15) is 0 Å². The molecule has 0 amide bonds. The Kier molecular flexibility index (Phi) is 3.77. The first-order chi connectivity index (χ1) is 9.53. The Hall–Kier alpha value is -0.660. The second kappa shape index (κ2) is 5.27. The molecule has 1 fully saturated rings. The van der Waals surface area contributed by atoms with Crippen molar-refractivity contribution in [1.29, 1.82) is 0 Å². The van der Waals surface area contributed by atoms with Crippen LogP contribution >= 0.6 is 0 Å². The molecule has 0 aromatic rings. The van der Waals surface area contributed by atoms with Gasteiger partial charge in [-0.05, 0) is 64.7 Å². The van der Waals surface area contributed by atoms with Crippen LogP contribution < -0.4 is 0 Å². The topological polar surface area (TPSA) is 6.48 Å². The van der Waals surface area contributed by atoms with Crippen LogP contribution in [0.1, 0.15) is 79.1 Å². The van der Waals surface area contributed by atoms with Gasteiger partial charge in [-0.25, -0.2) is 0 Å². The fourth-order valence-electron chi connectivity index (χ4n) is 4.31. The summed E-state index contributed by atoms with van der Waals surface area (Å²) < 4.78 is 0. The van der Waals surface area contributed by atoms with Crippen molar-refractivity contribution in [3.63, 3.8) is 0 Å². The average molecular weight is 276 g/mol. The van der Waals surface area contributed by atoms with Crippen molar-refractivity contribution in [2.45, 2.75) is 90.8 Å². The van der Waals surface area contributed by atoms with Gasteiger partial charge in [-0.15, -0.1) is 0 Å². The molecule has 3 rings (SSSR count). The molecule has 0 N–H and O–H groups in total. The minimum absolute atomic E-state index is 0.279. The van der Waals surface area contributed by atoms with Gasteiger partial charge in [0, 0.05) is 23.5 Å². The molecule has 3 aliphatic rings. The Morgan fingerprint density at radius 1 is 0.950 bits per heavy atom. The molecule has 2 heterocycles. The van der Waals surface area contributed by atoms with Gasteiger partial charge in [-0.3, -0.25) is 0 Å². The molecule has 0 bridgehead atoms. The fraction of sp³-hybridized carbons (Fsp3) is 0.889. The number of fused-ring (bicyclic) bond motifs is 2. The third kappa shape index (κ3) is 2.16. The van der Waals surface area contributed by atoms with E-state index in [4.69, 9.17) is 0 Å². The summed E-state index contributed by atoms with van der Waals surface area (Å²) in [5, 5.41) is 0. The number of nitrogens with zero attached hydrogens (tertiary/aromatic N) is 2. The lowest BCUT2D eigenvalue weighted by Gasteiger charge is -2.49. The summed E-state index contributed by atoms with van der Waals surface area (Å²) in [7, 11) is 0. The number of piperidine rings is 1. The first-order valence-electron chi connectivity index (χ1n) is 8.81. The number of hydrogen-bond donors (Lipinski definition) is 0. The number of hydrogen-bond acceptors (Lipinski definition) is 2. The molecule has 2 heteroatoms. The maximum absolute atomic E-state index is 2.84. The maximum Gasteiger partial charge on any atom is 0.102 e. The zero-order valence-electron chi connectivity index (χ0n) is 13.9. The molecule has 114 valence electrons. The lowest BCUT2D eigenvalue weighted by atomic mass is 9.87. The van der Waals surface area contributed by atoms with E-state index in [0.717, 1.165) is 0 Å². The molecule has 0 aromatic heterocycles. The van der Waals surface area contributed by atoms with Gasteiger partial charge in [0.15, 0.2) is 0 Å². The second-order valence-corrected chi connectivity index (χ2v) is 7.80. The Morgan fingerprint density at radius 3 is 2.35 bits per heavy atom. The smallest absolute Gasteiger partial charge is 0.102 e. The van der Waals surface area contributed by atoms with Gasteiger partial charge in [-0.2, -0.15) is 0 Å². The van der Waals surface area contributed by atoms with E-state index >= 15 is 0 Å². The molecule has 2 aliphatic heterocycles. The summed E-state index contributed by atoms with van der Waals surface area (Å²) in [4.78, 5) is 5.63. The average Bonchev–Trinajstić information content (AvgIpc) is 2.57. The van der Waals surface area contributed by atoms with Gasteiger partial charge in [0.05, 0.1) is 0 Å². The van der Waals surface area contributed by atoms with Gasteiger partial charge >= 0.3 is 0 Å². The van der Waals surface area contributed by atoms with Gasteiger partial charge in [0.1, 0.15) is 6.17 Å². The largest absolute Gasteiger partial charge is 0.353 e. The third-order valence-corrected chi connectivity index (χ3v) is 6.10. The van der Waals surface area contributed by atoms with Crippen LogP contribution in [-0.2, 0) is 0 Å². The standard InChI is InChI=1S/C18H32N2/c1-14(2)18(3,4)20-16-11-7-5-6-10-15(16)19-13-9-8-12-17(19)20/h14,17H,5-13H2,1-4H3. The zero-order chi connectivity index (χ0) is 14.3. The molecule has 20 heavy (non-hydrogen) atoms. The molecule has 0 spiro atoms. The predicted octanol–water partition coefficient (Wildman–Crippen LogP) is 4.72. The highest BCUT2D eigenvalue weighted by atomic mass is 15.4. The van der Waals surface area contributed by atoms with Crippen molar-refractivity contribution in [3.05, 3.63) is 11.4 Å². The van der Waals surface area contributed by atoms with Crippen LogP contribution in [0.4, 0.5) is 0 Å². The molecule has 1 aliphatic carbocycles. The first-order valence-corrected chi connectivity index (χ1v) is 8.81. The summed E-state index contributed by atoms with van der Waals surface area (Å²) >= 11 is 0. The van der Waals surface area contributed by atoms with E-state index in [0.29, 0.717) is 12.1 Å². The summed E-state index contributed by atoms with van der Waals surface area (Å²) in [6.07, 6.45) is 11.7. The molecule has 0 radical (unpaired) electrons. The Balaban J connectivity index is 1.99. The zero-order valence-corrected chi connectivity index (χ0v) is 13.9. The van der Waals surface area contributed by atoms with Crippen molar-refractivity contribution >= 4 is 0 Å². The quantitative estimate of drug-likeness (QED) is 0.720. The third-order valence-electron chi connectivity index (χ3n) is 6.10. The molecular formula is C18H32N2. The highest BCUT2D eigenvalue weighted by molar-refractivity contribution is 5.25. The minimum atomic E-state index is 0.279. The van der Waals surface area contributed by atoms with E-state index in [2.05, 4.69) is 37.5 Å². The molecule has 2 nitrogen and oxygen atoms in total. The van der Waals surface area contributed by atoms with Crippen LogP contribution in [0.2, 0.25) is 0 Å². The van der Waals surface area contributed by atoms with Gasteiger partial charge in [-0.1, -0.05) is 20.3 Å². The Bertz CT molecular complexity index is 394. The Morgan fingerprint density at radius 2 is 1.65 bits per heavy atom. The lowest BCUT2D eigenvalue weighted by molar-refractivity contribution is 0.00612. The minimum Gasteiger partial charge on any atom is -0.353 e. The first kappa shape index (κ1) is 14.3. The highest BCUT2D eigenvalue weighted by Crippen LogP contribution is 2.46. The molecule has 0 aromatic carbocycles. The van der Waals surface area contributed by atoms with Gasteiger partial charge in [0.2, 0.25) is 0 Å². The molecular weight excluding hydrogens is 244 g/mol. The number of allylic oxidation sites excluding steroid dienone is 2. The van der Waals surface area contributed by atoms with E-state index in [1.54, 1.807) is 11.4 Å². The van der Waals surface area contributed by atoms with Crippen molar-refractivity contribution < 1.29 is 0 Å². The van der Waals surface area contributed by atoms with Crippen LogP contribution in [-0.4, -0.2) is 28.0 Å². The molecule has 1 atom stereocenters. The van der Waals surface area contributed by atoms with E-state index in [1.165, 1.54) is 57.9 Å². The van der Waals surface area contributed by atoms with Crippen LogP contribution in [0, 0.1) is 5.92 Å². The summed E-state index contributed by atoms with van der Waals surface area (Å²) in [6, 6.07) is 0. The lowest BCUT2D eigenvalue weighted by Crippen LogP contribution is -2.54. The maximum atomic E-state index is 2.84. The van der Waals surface area contributed by atoms with E-state index in [1.807, 2.05) is 0 Å². The van der Waals surface area contributed by atoms with Crippen molar-refractivity contribution in [3.8, 4) is 0 Å². The van der Waals surface area contributed by atoms with E-state index < -0.39 is 0 Å². The van der Waals surface area contributed by atoms with Gasteiger partial charge < -0.3 is 9.80 Å². The van der Waals surface area contributed by atoms with Crippen molar-refractivity contribution in [1.82, 2.24) is 9.80 Å². The summed E-state index contributed by atoms with van der Waals surface area (Å²) in [5.74, 6) is 0.696. The monoisotopic (exact) mass is 276 g/mol. The van der Waals surface area contributed by atoms with Crippen LogP contribution in [0.3, 0.4) is 0 Å². The van der Waals surface area contributed by atoms with Crippen molar-refractivity contribution in [2.75, 3.05) is 6.54 Å².